The Hall–Kier alpha value is -1.78. The van der Waals surface area contributed by atoms with Gasteiger partial charge in [-0.15, -0.1) is 0 Å². The molecule has 0 fully saturated rings. The van der Waals surface area contributed by atoms with Crippen molar-refractivity contribution in [1.29, 1.82) is 0 Å². The summed E-state index contributed by atoms with van der Waals surface area (Å²) in [7, 11) is 0. The van der Waals surface area contributed by atoms with Crippen LogP contribution in [0.3, 0.4) is 0 Å². The number of anilines is 1. The number of halogens is 3. The lowest BCUT2D eigenvalue weighted by molar-refractivity contribution is -0.136. The third-order valence-corrected chi connectivity index (χ3v) is 2.14. The fraction of sp³-hybridized carbons (Fsp3) is 0.100. The number of nitrogens with zero attached hydrogens (tertiary/aromatic N) is 1. The van der Waals surface area contributed by atoms with Gasteiger partial charge < -0.3 is 5.73 Å². The van der Waals surface area contributed by atoms with Crippen LogP contribution in [0.4, 0.5) is 19.0 Å². The van der Waals surface area contributed by atoms with E-state index >= 15 is 0 Å². The first kappa shape index (κ1) is 9.76. The van der Waals surface area contributed by atoms with E-state index in [0.717, 1.165) is 6.07 Å². The summed E-state index contributed by atoms with van der Waals surface area (Å²) in [5, 5.41) is 0.407. The minimum Gasteiger partial charge on any atom is -0.383 e. The van der Waals surface area contributed by atoms with Crippen LogP contribution in [0, 0.1) is 0 Å². The number of hydrogen-bond donors (Lipinski definition) is 1. The van der Waals surface area contributed by atoms with Crippen molar-refractivity contribution in [3.63, 3.8) is 0 Å². The van der Waals surface area contributed by atoms with Gasteiger partial charge in [0.1, 0.15) is 5.82 Å². The summed E-state index contributed by atoms with van der Waals surface area (Å²) in [6.45, 7) is 0. The smallest absolute Gasteiger partial charge is 0.383 e. The van der Waals surface area contributed by atoms with Gasteiger partial charge in [-0.3, -0.25) is 0 Å². The summed E-state index contributed by atoms with van der Waals surface area (Å²) in [6.07, 6.45) is -3.10. The van der Waals surface area contributed by atoms with Crippen molar-refractivity contribution in [1.82, 2.24) is 4.98 Å². The second-order valence-electron chi connectivity index (χ2n) is 3.09. The van der Waals surface area contributed by atoms with E-state index in [4.69, 9.17) is 5.73 Å². The summed E-state index contributed by atoms with van der Waals surface area (Å²) in [6, 6.07) is 5.19. The van der Waals surface area contributed by atoms with Crippen molar-refractivity contribution in [2.24, 2.45) is 0 Å². The van der Waals surface area contributed by atoms with E-state index in [2.05, 4.69) is 4.98 Å². The number of hydrogen-bond acceptors (Lipinski definition) is 2. The zero-order valence-corrected chi connectivity index (χ0v) is 7.55. The van der Waals surface area contributed by atoms with Crippen LogP contribution in [0.1, 0.15) is 5.56 Å². The Kier molecular flexibility index (Phi) is 2.03. The van der Waals surface area contributed by atoms with Crippen molar-refractivity contribution in [2.75, 3.05) is 5.73 Å². The molecule has 2 nitrogen and oxygen atoms in total. The van der Waals surface area contributed by atoms with Gasteiger partial charge in [-0.2, -0.15) is 13.2 Å². The first-order valence-electron chi connectivity index (χ1n) is 4.20. The van der Waals surface area contributed by atoms with E-state index in [1.807, 2.05) is 0 Å². The molecule has 5 heteroatoms. The highest BCUT2D eigenvalue weighted by molar-refractivity contribution is 5.93. The molecular weight excluding hydrogens is 205 g/mol. The van der Waals surface area contributed by atoms with E-state index in [0.29, 0.717) is 5.39 Å². The Labute approximate surface area is 83.5 Å². The van der Waals surface area contributed by atoms with E-state index in [1.165, 1.54) is 24.4 Å². The van der Waals surface area contributed by atoms with Crippen LogP contribution in [-0.2, 0) is 6.18 Å². The van der Waals surface area contributed by atoms with Crippen LogP contribution in [0.2, 0.25) is 0 Å². The molecule has 2 rings (SSSR count). The molecule has 0 unspecified atom stereocenters. The van der Waals surface area contributed by atoms with Crippen LogP contribution >= 0.6 is 0 Å². The first-order chi connectivity index (χ1) is 7.00. The van der Waals surface area contributed by atoms with Crippen LogP contribution in [0.15, 0.2) is 30.5 Å². The maximum atomic E-state index is 12.6. The number of aromatic nitrogens is 1. The molecule has 2 aromatic rings. The quantitative estimate of drug-likeness (QED) is 0.729. The number of rotatable bonds is 0. The predicted octanol–water partition coefficient (Wildman–Crippen LogP) is 2.84. The highest BCUT2D eigenvalue weighted by Gasteiger charge is 2.32. The molecule has 1 aromatic heterocycles. The van der Waals surface area contributed by atoms with Gasteiger partial charge in [0.25, 0.3) is 0 Å². The fourth-order valence-electron chi connectivity index (χ4n) is 1.48. The van der Waals surface area contributed by atoms with Gasteiger partial charge >= 0.3 is 6.18 Å². The number of nitrogen functional groups attached to an aromatic ring is 1. The Balaban J connectivity index is 2.83. The fourth-order valence-corrected chi connectivity index (χ4v) is 1.48. The zero-order chi connectivity index (χ0) is 11.1. The van der Waals surface area contributed by atoms with Gasteiger partial charge in [0.15, 0.2) is 0 Å². The average molecular weight is 212 g/mol. The Morgan fingerprint density at radius 3 is 2.47 bits per heavy atom. The second-order valence-corrected chi connectivity index (χ2v) is 3.09. The molecular formula is C10H7F3N2. The Bertz CT molecular complexity index is 505. The second kappa shape index (κ2) is 3.12. The molecule has 1 heterocycles. The SMILES string of the molecule is Nc1nccc2c(C(F)(F)F)cccc12. The number of nitrogens with two attached hydrogens (primary N) is 1. The van der Waals surface area contributed by atoms with Crippen LogP contribution in [0.5, 0.6) is 0 Å². The third kappa shape index (κ3) is 1.60. The molecule has 0 atom stereocenters. The molecule has 0 aliphatic heterocycles. The topological polar surface area (TPSA) is 38.9 Å². The predicted molar refractivity (Wildman–Crippen MR) is 51.2 cm³/mol. The van der Waals surface area contributed by atoms with E-state index < -0.39 is 11.7 Å². The third-order valence-electron chi connectivity index (χ3n) is 2.14. The number of fused-ring (bicyclic) bond motifs is 1. The molecule has 0 bridgehead atoms. The van der Waals surface area contributed by atoms with Gasteiger partial charge in [-0.25, -0.2) is 4.98 Å². The van der Waals surface area contributed by atoms with Crippen LogP contribution in [0.25, 0.3) is 10.8 Å². The average Bonchev–Trinajstić information content (AvgIpc) is 2.16. The zero-order valence-electron chi connectivity index (χ0n) is 7.55. The maximum absolute atomic E-state index is 12.6. The van der Waals surface area contributed by atoms with Crippen molar-refractivity contribution in [3.8, 4) is 0 Å². The molecule has 15 heavy (non-hydrogen) atoms. The van der Waals surface area contributed by atoms with E-state index in [-0.39, 0.29) is 11.2 Å². The summed E-state index contributed by atoms with van der Waals surface area (Å²) in [5.41, 5.74) is 4.80. The van der Waals surface area contributed by atoms with Gasteiger partial charge in [0, 0.05) is 11.6 Å². The lowest BCUT2D eigenvalue weighted by Gasteiger charge is -2.10. The van der Waals surface area contributed by atoms with E-state index in [1.54, 1.807) is 0 Å². The molecule has 0 aliphatic carbocycles. The highest BCUT2D eigenvalue weighted by Crippen LogP contribution is 2.35. The van der Waals surface area contributed by atoms with Crippen molar-refractivity contribution in [3.05, 3.63) is 36.0 Å². The summed E-state index contributed by atoms with van der Waals surface area (Å²) in [5.74, 6) is 0.110. The summed E-state index contributed by atoms with van der Waals surface area (Å²) >= 11 is 0. The van der Waals surface area contributed by atoms with E-state index in [9.17, 15) is 13.2 Å². The Morgan fingerprint density at radius 2 is 1.80 bits per heavy atom. The molecule has 78 valence electrons. The molecule has 0 amide bonds. The monoisotopic (exact) mass is 212 g/mol. The van der Waals surface area contributed by atoms with Crippen LogP contribution in [-0.4, -0.2) is 4.98 Å². The maximum Gasteiger partial charge on any atom is 0.417 e. The molecule has 2 N–H and O–H groups in total. The number of pyridine rings is 1. The largest absolute Gasteiger partial charge is 0.417 e. The molecule has 0 aliphatic rings. The first-order valence-corrected chi connectivity index (χ1v) is 4.20. The van der Waals surface area contributed by atoms with Crippen molar-refractivity contribution >= 4 is 16.6 Å². The number of alkyl halides is 3. The standard InChI is InChI=1S/C10H7F3N2/c11-10(12,13)8-3-1-2-7-6(8)4-5-15-9(7)14/h1-5H,(H2,14,15). The van der Waals surface area contributed by atoms with Gasteiger partial charge in [0.2, 0.25) is 0 Å². The molecule has 1 aromatic carbocycles. The molecule has 0 spiro atoms. The minimum atomic E-state index is -4.37. The van der Waals surface area contributed by atoms with Gasteiger partial charge in [0.05, 0.1) is 5.56 Å². The molecule has 0 saturated heterocycles. The van der Waals surface area contributed by atoms with Crippen molar-refractivity contribution < 1.29 is 13.2 Å². The molecule has 0 radical (unpaired) electrons. The van der Waals surface area contributed by atoms with Crippen LogP contribution < -0.4 is 5.73 Å². The highest BCUT2D eigenvalue weighted by atomic mass is 19.4. The Morgan fingerprint density at radius 1 is 1.07 bits per heavy atom. The summed E-state index contributed by atoms with van der Waals surface area (Å²) < 4.78 is 37.8. The van der Waals surface area contributed by atoms with Gasteiger partial charge in [-0.05, 0) is 17.5 Å². The minimum absolute atomic E-state index is 0.0810. The normalized spacial score (nSPS) is 11.9. The molecule has 0 saturated carbocycles. The lowest BCUT2D eigenvalue weighted by atomic mass is 10.1. The summed E-state index contributed by atoms with van der Waals surface area (Å²) in [4.78, 5) is 3.74. The van der Waals surface area contributed by atoms with Crippen molar-refractivity contribution in [2.45, 2.75) is 6.18 Å². The lowest BCUT2D eigenvalue weighted by Crippen LogP contribution is -2.06. The number of benzene rings is 1. The van der Waals surface area contributed by atoms with Gasteiger partial charge in [-0.1, -0.05) is 12.1 Å².